The summed E-state index contributed by atoms with van der Waals surface area (Å²) in [7, 11) is 0. The summed E-state index contributed by atoms with van der Waals surface area (Å²) in [4.78, 5) is 15.8. The molecule has 4 nitrogen and oxygen atoms in total. The molecule has 1 N–H and O–H groups in total. The molecule has 1 amide bonds. The highest BCUT2D eigenvalue weighted by Gasteiger charge is 2.24. The Morgan fingerprint density at radius 3 is 2.23 bits per heavy atom. The van der Waals surface area contributed by atoms with Gasteiger partial charge < -0.3 is 12.4 Å². The molecule has 0 spiro atoms. The van der Waals surface area contributed by atoms with Crippen molar-refractivity contribution in [1.29, 1.82) is 0 Å². The highest BCUT2D eigenvalue weighted by atomic mass is 35.5. The highest BCUT2D eigenvalue weighted by molar-refractivity contribution is 7.06. The van der Waals surface area contributed by atoms with Crippen molar-refractivity contribution < 1.29 is 21.2 Å². The second-order valence-electron chi connectivity index (χ2n) is 4.51. The van der Waals surface area contributed by atoms with Gasteiger partial charge in [-0.15, -0.1) is 3.96 Å². The molecule has 0 aliphatic rings. The fourth-order valence-corrected chi connectivity index (χ4v) is 2.95. The van der Waals surface area contributed by atoms with Crippen LogP contribution in [0, 0.1) is 0 Å². The molecule has 0 bridgehead atoms. The van der Waals surface area contributed by atoms with Gasteiger partial charge in [-0.05, 0) is 29.2 Å². The van der Waals surface area contributed by atoms with E-state index < -0.39 is 0 Å². The average Bonchev–Trinajstić information content (AvgIpc) is 2.92. The lowest BCUT2D eigenvalue weighted by Gasteiger charge is -1.96. The molecule has 1 heterocycles. The maximum atomic E-state index is 11.3. The van der Waals surface area contributed by atoms with Crippen LogP contribution in [-0.2, 0) is 4.79 Å². The van der Waals surface area contributed by atoms with Crippen molar-refractivity contribution in [1.82, 2.24) is 4.98 Å². The Labute approximate surface area is 139 Å². The molecule has 3 rings (SSSR count). The molecule has 0 aliphatic heterocycles. The first kappa shape index (κ1) is 16.1. The second-order valence-corrected chi connectivity index (χ2v) is 5.44. The Balaban J connectivity index is 0.00000176. The van der Waals surface area contributed by atoms with E-state index in [2.05, 4.69) is 10.3 Å². The number of para-hydroxylation sites is 1. The van der Waals surface area contributed by atoms with Gasteiger partial charge in [-0.1, -0.05) is 36.4 Å². The number of aromatic nitrogens is 2. The standard InChI is InChI=1S/C16H13N3OS.ClH/c1-12(20)17-16-18-15(13-8-4-2-5-9-13)19(21-16)14-10-6-3-7-11-14;/h2-11H,1H3;1H. The summed E-state index contributed by atoms with van der Waals surface area (Å²) in [5.74, 6) is 0.694. The number of carbonyl (C=O) groups excluding carboxylic acids is 1. The molecule has 1 aromatic heterocycles. The van der Waals surface area contributed by atoms with Crippen LogP contribution >= 0.6 is 11.5 Å². The van der Waals surface area contributed by atoms with Crippen LogP contribution in [0.5, 0.6) is 0 Å². The molecule has 3 aromatic rings. The molecule has 0 unspecified atom stereocenters. The van der Waals surface area contributed by atoms with E-state index in [1.807, 2.05) is 64.6 Å². The van der Waals surface area contributed by atoms with E-state index in [0.717, 1.165) is 17.1 Å². The van der Waals surface area contributed by atoms with Gasteiger partial charge in [0.15, 0.2) is 0 Å². The zero-order valence-corrected chi connectivity index (χ0v) is 13.4. The van der Waals surface area contributed by atoms with Crippen LogP contribution in [0.25, 0.3) is 17.1 Å². The molecule has 0 saturated heterocycles. The molecule has 0 aliphatic carbocycles. The van der Waals surface area contributed by atoms with Gasteiger partial charge in [-0.25, -0.2) is 0 Å². The number of carbonyl (C=O) groups is 1. The van der Waals surface area contributed by atoms with Gasteiger partial charge in [-0.3, -0.25) is 10.1 Å². The fraction of sp³-hybridized carbons (Fsp3) is 0.0625. The van der Waals surface area contributed by atoms with E-state index in [0.29, 0.717) is 5.13 Å². The number of hydrogen-bond donors (Lipinski definition) is 1. The van der Waals surface area contributed by atoms with E-state index in [4.69, 9.17) is 0 Å². The molecule has 6 heteroatoms. The van der Waals surface area contributed by atoms with E-state index in [1.54, 1.807) is 0 Å². The van der Waals surface area contributed by atoms with Crippen LogP contribution in [0.2, 0.25) is 0 Å². The fourth-order valence-electron chi connectivity index (χ4n) is 2.00. The van der Waals surface area contributed by atoms with Crippen molar-refractivity contribution in [3.63, 3.8) is 0 Å². The Hall–Kier alpha value is -2.24. The van der Waals surface area contributed by atoms with E-state index >= 15 is 0 Å². The number of halogens is 1. The molecular formula is C16H14ClN3OS. The number of rotatable bonds is 3. The van der Waals surface area contributed by atoms with Crippen molar-refractivity contribution in [3.05, 3.63) is 60.7 Å². The van der Waals surface area contributed by atoms with Gasteiger partial charge in [0.1, 0.15) is 17.2 Å². The zero-order chi connectivity index (χ0) is 14.7. The van der Waals surface area contributed by atoms with Crippen LogP contribution < -0.4 is 21.7 Å². The lowest BCUT2D eigenvalue weighted by atomic mass is 10.2. The summed E-state index contributed by atoms with van der Waals surface area (Å²) in [5.41, 5.74) is 2.03. The summed E-state index contributed by atoms with van der Waals surface area (Å²) in [6, 6.07) is 19.9. The Morgan fingerprint density at radius 1 is 1.05 bits per heavy atom. The Bertz CT molecular complexity index is 703. The largest absolute Gasteiger partial charge is 1.00 e. The van der Waals surface area contributed by atoms with E-state index in [9.17, 15) is 4.79 Å². The predicted molar refractivity (Wildman–Crippen MR) is 83.4 cm³/mol. The van der Waals surface area contributed by atoms with Crippen molar-refractivity contribution in [2.24, 2.45) is 0 Å². The molecule has 112 valence electrons. The van der Waals surface area contributed by atoms with Gasteiger partial charge in [0.2, 0.25) is 5.91 Å². The normalized spacial score (nSPS) is 9.86. The number of anilines is 1. The third-order valence-corrected chi connectivity index (χ3v) is 3.82. The third kappa shape index (κ3) is 3.50. The molecule has 0 fully saturated rings. The Kier molecular flexibility index (Phi) is 5.25. The number of amides is 1. The summed E-state index contributed by atoms with van der Waals surface area (Å²) >= 11 is 1.41. The molecule has 2 aromatic carbocycles. The van der Waals surface area contributed by atoms with Crippen molar-refractivity contribution in [3.8, 4) is 17.1 Å². The second kappa shape index (κ2) is 7.15. The minimum atomic E-state index is -0.122. The quantitative estimate of drug-likeness (QED) is 0.689. The average molecular weight is 332 g/mol. The first-order valence-electron chi connectivity index (χ1n) is 6.56. The highest BCUT2D eigenvalue weighted by Crippen LogP contribution is 2.21. The zero-order valence-electron chi connectivity index (χ0n) is 11.9. The maximum absolute atomic E-state index is 11.3. The minimum Gasteiger partial charge on any atom is -1.00 e. The maximum Gasteiger partial charge on any atom is 0.350 e. The number of benzene rings is 2. The SMILES string of the molecule is CC(=O)Nc1nc(-c2ccccc2)[n+](-c2ccccc2)s1.[Cl-]. The van der Waals surface area contributed by atoms with Gasteiger partial charge in [0.05, 0.1) is 5.56 Å². The topological polar surface area (TPSA) is 45.9 Å². The molecular weight excluding hydrogens is 318 g/mol. The molecule has 0 saturated carbocycles. The van der Waals surface area contributed by atoms with Gasteiger partial charge >= 0.3 is 11.0 Å². The van der Waals surface area contributed by atoms with Crippen LogP contribution in [0.15, 0.2) is 60.7 Å². The van der Waals surface area contributed by atoms with Crippen molar-refractivity contribution >= 4 is 22.6 Å². The molecule has 22 heavy (non-hydrogen) atoms. The summed E-state index contributed by atoms with van der Waals surface area (Å²) < 4.78 is 2.01. The van der Waals surface area contributed by atoms with E-state index in [-0.39, 0.29) is 18.3 Å². The number of hydrogen-bond acceptors (Lipinski definition) is 3. The number of nitrogens with one attached hydrogen (secondary N) is 1. The van der Waals surface area contributed by atoms with Crippen LogP contribution in [-0.4, -0.2) is 10.9 Å². The van der Waals surface area contributed by atoms with Crippen LogP contribution in [0.3, 0.4) is 0 Å². The summed E-state index contributed by atoms with van der Waals surface area (Å²) in [6.07, 6.45) is 0. The first-order chi connectivity index (χ1) is 10.2. The van der Waals surface area contributed by atoms with Crippen molar-refractivity contribution in [2.45, 2.75) is 6.92 Å². The van der Waals surface area contributed by atoms with Gasteiger partial charge in [0.25, 0.3) is 0 Å². The van der Waals surface area contributed by atoms with E-state index in [1.165, 1.54) is 18.5 Å². The predicted octanol–water partition coefficient (Wildman–Crippen LogP) is 0.0492. The van der Waals surface area contributed by atoms with Crippen molar-refractivity contribution in [2.75, 3.05) is 5.32 Å². The lowest BCUT2D eigenvalue weighted by Crippen LogP contribution is -3.00. The van der Waals surface area contributed by atoms with Gasteiger partial charge in [-0.2, -0.15) is 0 Å². The molecule has 0 atom stereocenters. The monoisotopic (exact) mass is 331 g/mol. The minimum absolute atomic E-state index is 0. The smallest absolute Gasteiger partial charge is 0.350 e. The molecule has 0 radical (unpaired) electrons. The third-order valence-electron chi connectivity index (χ3n) is 2.88. The van der Waals surface area contributed by atoms with Crippen LogP contribution in [0.1, 0.15) is 6.92 Å². The summed E-state index contributed by atoms with van der Waals surface area (Å²) in [6.45, 7) is 1.48. The Morgan fingerprint density at radius 2 is 1.64 bits per heavy atom. The first-order valence-corrected chi connectivity index (χ1v) is 7.33. The van der Waals surface area contributed by atoms with Gasteiger partial charge in [0, 0.05) is 6.92 Å². The number of nitrogens with zero attached hydrogens (tertiary/aromatic N) is 2. The lowest BCUT2D eigenvalue weighted by molar-refractivity contribution is -0.509. The summed E-state index contributed by atoms with van der Waals surface area (Å²) in [5, 5.41) is 3.34. The van der Waals surface area contributed by atoms with Crippen LogP contribution in [0.4, 0.5) is 5.13 Å².